The Balaban J connectivity index is 4.87. The standard InChI is InChI=1S/C15H28N2O3Si/c1-15(2,3)21(4,5)20-12(8-6-10-13(16)18)9-7-11-14(17)19/h6-7,10-12H,8-9H2,1-5H3,(H2,16,18)(H2,17,19). The molecule has 0 unspecified atom stereocenters. The lowest BCUT2D eigenvalue weighted by atomic mass is 10.1. The van der Waals surface area contributed by atoms with Crippen LogP contribution in [-0.4, -0.2) is 26.2 Å². The predicted octanol–water partition coefficient (Wildman–Crippen LogP) is 2.24. The lowest BCUT2D eigenvalue weighted by Crippen LogP contribution is -2.43. The van der Waals surface area contributed by atoms with E-state index >= 15 is 0 Å². The van der Waals surface area contributed by atoms with Gasteiger partial charge in [-0.2, -0.15) is 0 Å². The highest BCUT2D eigenvalue weighted by molar-refractivity contribution is 6.74. The lowest BCUT2D eigenvalue weighted by Gasteiger charge is -2.39. The van der Waals surface area contributed by atoms with E-state index in [1.165, 1.54) is 12.2 Å². The van der Waals surface area contributed by atoms with Gasteiger partial charge in [0.05, 0.1) is 6.10 Å². The normalized spacial score (nSPS) is 14.7. The van der Waals surface area contributed by atoms with E-state index < -0.39 is 20.1 Å². The van der Waals surface area contributed by atoms with Crippen molar-refractivity contribution < 1.29 is 14.0 Å². The van der Waals surface area contributed by atoms with E-state index in [0.29, 0.717) is 12.8 Å². The third-order valence-electron chi connectivity index (χ3n) is 3.63. The number of nitrogens with two attached hydrogens (primary N) is 2. The third-order valence-corrected chi connectivity index (χ3v) is 8.16. The van der Waals surface area contributed by atoms with Crippen LogP contribution in [0.15, 0.2) is 24.3 Å². The quantitative estimate of drug-likeness (QED) is 0.531. The van der Waals surface area contributed by atoms with Gasteiger partial charge in [0.25, 0.3) is 0 Å². The second-order valence-electron chi connectivity index (χ2n) is 6.58. The van der Waals surface area contributed by atoms with E-state index in [1.807, 2.05) is 0 Å². The van der Waals surface area contributed by atoms with Gasteiger partial charge >= 0.3 is 0 Å². The molecule has 120 valence electrons. The Kier molecular flexibility index (Phi) is 7.60. The zero-order valence-electron chi connectivity index (χ0n) is 13.7. The second kappa shape index (κ2) is 8.14. The van der Waals surface area contributed by atoms with Gasteiger partial charge in [0.15, 0.2) is 8.32 Å². The first kappa shape index (κ1) is 19.6. The summed E-state index contributed by atoms with van der Waals surface area (Å²) in [6.07, 6.45) is 7.12. The Morgan fingerprint density at radius 2 is 1.43 bits per heavy atom. The average molecular weight is 312 g/mol. The van der Waals surface area contributed by atoms with Crippen LogP contribution >= 0.6 is 0 Å². The average Bonchev–Trinajstić information content (AvgIpc) is 2.25. The van der Waals surface area contributed by atoms with Crippen LogP contribution in [0.3, 0.4) is 0 Å². The fourth-order valence-corrected chi connectivity index (χ4v) is 2.84. The van der Waals surface area contributed by atoms with Crippen molar-refractivity contribution in [3.63, 3.8) is 0 Å². The van der Waals surface area contributed by atoms with Crippen molar-refractivity contribution in [1.82, 2.24) is 0 Å². The Labute approximate surface area is 128 Å². The first-order valence-electron chi connectivity index (χ1n) is 7.05. The summed E-state index contributed by atoms with van der Waals surface area (Å²) in [7, 11) is -1.92. The molecule has 0 aromatic carbocycles. The molecule has 6 heteroatoms. The predicted molar refractivity (Wildman–Crippen MR) is 88.0 cm³/mol. The van der Waals surface area contributed by atoms with Crippen LogP contribution in [0.25, 0.3) is 0 Å². The molecular formula is C15H28N2O3Si. The summed E-state index contributed by atoms with van der Waals surface area (Å²) in [5.41, 5.74) is 10.2. The van der Waals surface area contributed by atoms with Crippen molar-refractivity contribution in [3.8, 4) is 0 Å². The van der Waals surface area contributed by atoms with Crippen LogP contribution in [0.4, 0.5) is 0 Å². The van der Waals surface area contributed by atoms with Gasteiger partial charge in [0.1, 0.15) is 0 Å². The molecular weight excluding hydrogens is 284 g/mol. The van der Waals surface area contributed by atoms with Crippen LogP contribution in [0.2, 0.25) is 18.1 Å². The van der Waals surface area contributed by atoms with E-state index in [1.54, 1.807) is 12.2 Å². The Morgan fingerprint density at radius 1 is 1.05 bits per heavy atom. The van der Waals surface area contributed by atoms with Crippen molar-refractivity contribution in [2.75, 3.05) is 0 Å². The highest BCUT2D eigenvalue weighted by atomic mass is 28.4. The first-order valence-corrected chi connectivity index (χ1v) is 9.96. The Morgan fingerprint density at radius 3 is 1.71 bits per heavy atom. The van der Waals surface area contributed by atoms with E-state index in [2.05, 4.69) is 33.9 Å². The molecule has 0 atom stereocenters. The minimum absolute atomic E-state index is 0.0893. The molecule has 5 nitrogen and oxygen atoms in total. The molecule has 21 heavy (non-hydrogen) atoms. The number of primary amides is 2. The molecule has 0 aromatic rings. The molecule has 0 aliphatic carbocycles. The summed E-state index contributed by atoms with van der Waals surface area (Å²) >= 11 is 0. The zero-order valence-corrected chi connectivity index (χ0v) is 14.7. The van der Waals surface area contributed by atoms with Crippen molar-refractivity contribution in [3.05, 3.63) is 24.3 Å². The molecule has 0 bridgehead atoms. The highest BCUT2D eigenvalue weighted by Gasteiger charge is 2.38. The summed E-state index contributed by atoms with van der Waals surface area (Å²) in [5.74, 6) is -0.956. The minimum Gasteiger partial charge on any atom is -0.413 e. The minimum atomic E-state index is -1.92. The summed E-state index contributed by atoms with van der Waals surface area (Å²) in [4.78, 5) is 21.5. The molecule has 4 N–H and O–H groups in total. The fraction of sp³-hybridized carbons (Fsp3) is 0.600. The SMILES string of the molecule is CC(C)(C)[Si](C)(C)OC(CC=CC(N)=O)CC=CC(N)=O. The Hall–Kier alpha value is -1.40. The molecule has 0 spiro atoms. The lowest BCUT2D eigenvalue weighted by molar-refractivity contribution is -0.114. The van der Waals surface area contributed by atoms with Crippen LogP contribution in [0, 0.1) is 0 Å². The number of amides is 2. The van der Waals surface area contributed by atoms with Crippen LogP contribution in [0.1, 0.15) is 33.6 Å². The number of rotatable bonds is 8. The molecule has 0 aliphatic rings. The molecule has 0 aliphatic heterocycles. The number of hydrogen-bond acceptors (Lipinski definition) is 3. The van der Waals surface area contributed by atoms with Gasteiger partial charge in [-0.1, -0.05) is 32.9 Å². The van der Waals surface area contributed by atoms with Crippen molar-refractivity contribution in [2.24, 2.45) is 11.5 Å². The van der Waals surface area contributed by atoms with Gasteiger partial charge in [0.2, 0.25) is 11.8 Å². The maximum Gasteiger partial charge on any atom is 0.241 e. The van der Waals surface area contributed by atoms with Gasteiger partial charge in [-0.25, -0.2) is 0 Å². The van der Waals surface area contributed by atoms with Gasteiger partial charge in [-0.3, -0.25) is 9.59 Å². The summed E-state index contributed by atoms with van der Waals surface area (Å²) in [6, 6.07) is 0. The number of carbonyl (C=O) groups is 2. The number of hydrogen-bond donors (Lipinski definition) is 2. The molecule has 0 fully saturated rings. The highest BCUT2D eigenvalue weighted by Crippen LogP contribution is 2.38. The maximum atomic E-state index is 10.8. The second-order valence-corrected chi connectivity index (χ2v) is 11.3. The van der Waals surface area contributed by atoms with Gasteiger partial charge in [-0.15, -0.1) is 0 Å². The van der Waals surface area contributed by atoms with Crippen LogP contribution in [0.5, 0.6) is 0 Å². The van der Waals surface area contributed by atoms with E-state index in [9.17, 15) is 9.59 Å². The summed E-state index contributed by atoms with van der Waals surface area (Å²) in [6.45, 7) is 10.8. The molecule has 0 radical (unpaired) electrons. The van der Waals surface area contributed by atoms with Crippen molar-refractivity contribution >= 4 is 20.1 Å². The van der Waals surface area contributed by atoms with Gasteiger partial charge in [0, 0.05) is 0 Å². The monoisotopic (exact) mass is 312 g/mol. The summed E-state index contributed by atoms with van der Waals surface area (Å²) < 4.78 is 6.30. The first-order chi connectivity index (χ1) is 9.45. The molecule has 0 aromatic heterocycles. The van der Waals surface area contributed by atoms with E-state index in [0.717, 1.165) is 0 Å². The van der Waals surface area contributed by atoms with E-state index in [4.69, 9.17) is 15.9 Å². The van der Waals surface area contributed by atoms with Crippen molar-refractivity contribution in [1.29, 1.82) is 0 Å². The fourth-order valence-electron chi connectivity index (χ4n) is 1.46. The molecule has 0 rings (SSSR count). The zero-order chi connectivity index (χ0) is 16.7. The van der Waals surface area contributed by atoms with Gasteiger partial charge in [-0.05, 0) is 43.1 Å². The topological polar surface area (TPSA) is 95.4 Å². The van der Waals surface area contributed by atoms with Crippen molar-refractivity contribution in [2.45, 2.75) is 57.8 Å². The molecule has 2 amide bonds. The van der Waals surface area contributed by atoms with Crippen LogP contribution in [-0.2, 0) is 14.0 Å². The maximum absolute atomic E-state index is 10.8. The third kappa shape index (κ3) is 8.47. The smallest absolute Gasteiger partial charge is 0.241 e. The molecule has 0 saturated carbocycles. The van der Waals surface area contributed by atoms with Gasteiger partial charge < -0.3 is 15.9 Å². The summed E-state index contributed by atoms with van der Waals surface area (Å²) in [5, 5.41) is 0.0893. The van der Waals surface area contributed by atoms with E-state index in [-0.39, 0.29) is 11.1 Å². The largest absolute Gasteiger partial charge is 0.413 e. The molecule has 0 saturated heterocycles. The Bertz CT molecular complexity index is 397. The number of carbonyl (C=O) groups excluding carboxylic acids is 2. The van der Waals surface area contributed by atoms with Crippen LogP contribution < -0.4 is 11.5 Å². The molecule has 0 heterocycles.